The van der Waals surface area contributed by atoms with Crippen LogP contribution < -0.4 is 0 Å². The second kappa shape index (κ2) is 3.18. The molecule has 0 unspecified atom stereocenters. The van der Waals surface area contributed by atoms with E-state index in [0.717, 1.165) is 0 Å². The van der Waals surface area contributed by atoms with Crippen molar-refractivity contribution in [2.75, 3.05) is 0 Å². The van der Waals surface area contributed by atoms with Crippen LogP contribution in [0.1, 0.15) is 17.6 Å². The van der Waals surface area contributed by atoms with E-state index in [9.17, 15) is 8.78 Å². The molecule has 1 aromatic rings. The molecule has 60 valence electrons. The van der Waals surface area contributed by atoms with E-state index >= 15 is 0 Å². The second-order valence-corrected chi connectivity index (χ2v) is 2.66. The first-order valence-electron chi connectivity index (χ1n) is 3.16. The minimum absolute atomic E-state index is 0.0116. The number of halogens is 3. The van der Waals surface area contributed by atoms with Gasteiger partial charge < -0.3 is 0 Å². The van der Waals surface area contributed by atoms with Gasteiger partial charge >= 0.3 is 0 Å². The molecule has 0 amide bonds. The summed E-state index contributed by atoms with van der Waals surface area (Å²) < 4.78 is 24.3. The molecule has 0 fully saturated rings. The number of hydrogen-bond acceptors (Lipinski definition) is 0. The van der Waals surface area contributed by atoms with Crippen LogP contribution in [-0.2, 0) is 0 Å². The molecule has 0 bridgehead atoms. The largest absolute Gasteiger partial charge is 0.264 e. The highest BCUT2D eigenvalue weighted by atomic mass is 35.5. The fraction of sp³-hybridized carbons (Fsp3) is 0.250. The maximum absolute atomic E-state index is 12.1. The third-order valence-corrected chi connectivity index (χ3v) is 1.95. The Bertz CT molecular complexity index is 258. The molecule has 1 aromatic carbocycles. The first-order valence-corrected chi connectivity index (χ1v) is 3.54. The van der Waals surface area contributed by atoms with Gasteiger partial charge in [0, 0.05) is 10.6 Å². The zero-order valence-corrected chi connectivity index (χ0v) is 6.70. The number of hydrogen-bond donors (Lipinski definition) is 0. The average Bonchev–Trinajstić information content (AvgIpc) is 1.94. The summed E-state index contributed by atoms with van der Waals surface area (Å²) in [4.78, 5) is 0. The van der Waals surface area contributed by atoms with Gasteiger partial charge in [-0.05, 0) is 18.6 Å². The molecule has 0 saturated heterocycles. The van der Waals surface area contributed by atoms with Crippen molar-refractivity contribution in [2.24, 2.45) is 0 Å². The summed E-state index contributed by atoms with van der Waals surface area (Å²) in [5.41, 5.74) is 0.474. The summed E-state index contributed by atoms with van der Waals surface area (Å²) in [6.45, 7) is 1.59. The Hall–Kier alpha value is -0.630. The molecule has 0 aliphatic carbocycles. The van der Waals surface area contributed by atoms with E-state index in [-0.39, 0.29) is 5.56 Å². The van der Waals surface area contributed by atoms with Crippen LogP contribution in [0.2, 0.25) is 5.02 Å². The van der Waals surface area contributed by atoms with Crippen LogP contribution in [0.15, 0.2) is 18.2 Å². The van der Waals surface area contributed by atoms with E-state index < -0.39 is 6.43 Å². The van der Waals surface area contributed by atoms with Crippen LogP contribution in [0.5, 0.6) is 0 Å². The van der Waals surface area contributed by atoms with Crippen LogP contribution in [0.4, 0.5) is 8.78 Å². The zero-order chi connectivity index (χ0) is 8.43. The standard InChI is InChI=1S/C8H7ClF2/c1-5-6(8(10)11)3-2-4-7(5)9/h2-4,8H,1H3. The first kappa shape index (κ1) is 8.47. The summed E-state index contributed by atoms with van der Waals surface area (Å²) in [5, 5.41) is 0.391. The van der Waals surface area contributed by atoms with Crippen molar-refractivity contribution in [3.05, 3.63) is 34.3 Å². The van der Waals surface area contributed by atoms with Gasteiger partial charge in [-0.3, -0.25) is 0 Å². The van der Waals surface area contributed by atoms with Gasteiger partial charge in [0.05, 0.1) is 0 Å². The van der Waals surface area contributed by atoms with Crippen LogP contribution in [-0.4, -0.2) is 0 Å². The molecule has 11 heavy (non-hydrogen) atoms. The Morgan fingerprint density at radius 2 is 2.00 bits per heavy atom. The van der Waals surface area contributed by atoms with E-state index in [4.69, 9.17) is 11.6 Å². The molecule has 0 radical (unpaired) electrons. The van der Waals surface area contributed by atoms with E-state index in [1.54, 1.807) is 13.0 Å². The van der Waals surface area contributed by atoms with Crippen molar-refractivity contribution in [1.29, 1.82) is 0 Å². The molecular weight excluding hydrogens is 170 g/mol. The Labute approximate surface area is 68.8 Å². The van der Waals surface area contributed by atoms with Gasteiger partial charge in [-0.25, -0.2) is 8.78 Å². The lowest BCUT2D eigenvalue weighted by Crippen LogP contribution is -1.88. The topological polar surface area (TPSA) is 0 Å². The minimum atomic E-state index is -2.44. The van der Waals surface area contributed by atoms with Crippen LogP contribution >= 0.6 is 11.6 Å². The quantitative estimate of drug-likeness (QED) is 0.614. The molecule has 1 rings (SSSR count). The smallest absolute Gasteiger partial charge is 0.205 e. The van der Waals surface area contributed by atoms with Crippen LogP contribution in [0.3, 0.4) is 0 Å². The molecule has 0 heterocycles. The second-order valence-electron chi connectivity index (χ2n) is 2.25. The number of benzene rings is 1. The van der Waals surface area contributed by atoms with Gasteiger partial charge in [-0.1, -0.05) is 23.7 Å². The Balaban J connectivity index is 3.17. The van der Waals surface area contributed by atoms with Crippen molar-refractivity contribution in [1.82, 2.24) is 0 Å². The fourth-order valence-electron chi connectivity index (χ4n) is 0.861. The maximum atomic E-state index is 12.1. The summed E-state index contributed by atoms with van der Waals surface area (Å²) in [7, 11) is 0. The molecule has 0 aliphatic rings. The summed E-state index contributed by atoms with van der Waals surface area (Å²) >= 11 is 5.62. The van der Waals surface area contributed by atoms with Crippen LogP contribution in [0.25, 0.3) is 0 Å². The van der Waals surface area contributed by atoms with Gasteiger partial charge in [-0.15, -0.1) is 0 Å². The van der Waals surface area contributed by atoms with Gasteiger partial charge in [0.2, 0.25) is 0 Å². The van der Waals surface area contributed by atoms with Gasteiger partial charge in [0.25, 0.3) is 6.43 Å². The molecule has 3 heteroatoms. The predicted molar refractivity (Wildman–Crippen MR) is 41.1 cm³/mol. The van der Waals surface area contributed by atoms with Crippen molar-refractivity contribution < 1.29 is 8.78 Å². The summed E-state index contributed by atoms with van der Waals surface area (Å²) in [5.74, 6) is 0. The van der Waals surface area contributed by atoms with Gasteiger partial charge in [-0.2, -0.15) is 0 Å². The van der Waals surface area contributed by atoms with E-state index in [1.807, 2.05) is 0 Å². The molecule has 0 saturated carbocycles. The molecule has 0 N–H and O–H groups in total. The molecule has 0 aromatic heterocycles. The highest BCUT2D eigenvalue weighted by Crippen LogP contribution is 2.26. The molecular formula is C8H7ClF2. The Morgan fingerprint density at radius 3 is 2.45 bits per heavy atom. The molecule has 0 spiro atoms. The molecule has 0 aliphatic heterocycles. The maximum Gasteiger partial charge on any atom is 0.264 e. The Morgan fingerprint density at radius 1 is 1.36 bits per heavy atom. The third-order valence-electron chi connectivity index (χ3n) is 1.54. The van der Waals surface area contributed by atoms with Crippen molar-refractivity contribution in [2.45, 2.75) is 13.3 Å². The van der Waals surface area contributed by atoms with Crippen molar-refractivity contribution in [3.63, 3.8) is 0 Å². The number of alkyl halides is 2. The normalized spacial score (nSPS) is 10.6. The highest BCUT2D eigenvalue weighted by molar-refractivity contribution is 6.31. The lowest BCUT2D eigenvalue weighted by atomic mass is 10.1. The van der Waals surface area contributed by atoms with Crippen molar-refractivity contribution in [3.8, 4) is 0 Å². The minimum Gasteiger partial charge on any atom is -0.205 e. The summed E-state index contributed by atoms with van der Waals surface area (Å²) in [6, 6.07) is 4.51. The average molecular weight is 177 g/mol. The van der Waals surface area contributed by atoms with Crippen molar-refractivity contribution >= 4 is 11.6 Å². The van der Waals surface area contributed by atoms with E-state index in [2.05, 4.69) is 0 Å². The van der Waals surface area contributed by atoms with E-state index in [1.165, 1.54) is 12.1 Å². The Kier molecular flexibility index (Phi) is 2.45. The monoisotopic (exact) mass is 176 g/mol. The first-order chi connectivity index (χ1) is 5.13. The van der Waals surface area contributed by atoms with Gasteiger partial charge in [0.1, 0.15) is 0 Å². The molecule has 0 atom stereocenters. The zero-order valence-electron chi connectivity index (χ0n) is 5.94. The van der Waals surface area contributed by atoms with Crippen LogP contribution in [0, 0.1) is 6.92 Å². The molecule has 0 nitrogen and oxygen atoms in total. The lowest BCUT2D eigenvalue weighted by molar-refractivity contribution is 0.150. The van der Waals surface area contributed by atoms with Gasteiger partial charge in [0.15, 0.2) is 0 Å². The predicted octanol–water partition coefficient (Wildman–Crippen LogP) is 3.59. The summed E-state index contributed by atoms with van der Waals surface area (Å²) in [6.07, 6.45) is -2.44. The lowest BCUT2D eigenvalue weighted by Gasteiger charge is -2.04. The number of rotatable bonds is 1. The fourth-order valence-corrected chi connectivity index (χ4v) is 1.04. The third kappa shape index (κ3) is 1.69. The highest BCUT2D eigenvalue weighted by Gasteiger charge is 2.10. The SMILES string of the molecule is Cc1c(Cl)cccc1C(F)F. The van der Waals surface area contributed by atoms with E-state index in [0.29, 0.717) is 10.6 Å².